The number of aliphatic carboxylic acids is 1. The van der Waals surface area contributed by atoms with Crippen molar-refractivity contribution in [1.82, 2.24) is 5.32 Å². The molecule has 0 bridgehead atoms. The first-order chi connectivity index (χ1) is 7.31. The quantitative estimate of drug-likeness (QED) is 0.470. The van der Waals surface area contributed by atoms with E-state index >= 15 is 0 Å². The molecule has 5 N–H and O–H groups in total. The van der Waals surface area contributed by atoms with Crippen LogP contribution < -0.4 is 11.1 Å². The van der Waals surface area contributed by atoms with Crippen LogP contribution in [-0.4, -0.2) is 40.3 Å². The smallest absolute Gasteiger partial charge is 0.337 e. The monoisotopic (exact) mass is 232 g/mol. The second-order valence-electron chi connectivity index (χ2n) is 4.05. The summed E-state index contributed by atoms with van der Waals surface area (Å²) in [7, 11) is 0. The van der Waals surface area contributed by atoms with Crippen molar-refractivity contribution in [3.05, 3.63) is 0 Å². The van der Waals surface area contributed by atoms with Crippen LogP contribution in [0.1, 0.15) is 33.1 Å². The van der Waals surface area contributed by atoms with Gasteiger partial charge in [0.15, 0.2) is 5.60 Å². The van der Waals surface area contributed by atoms with E-state index in [2.05, 4.69) is 5.32 Å². The van der Waals surface area contributed by atoms with E-state index in [0.717, 1.165) is 19.8 Å². The molecule has 6 heteroatoms. The van der Waals surface area contributed by atoms with Crippen molar-refractivity contribution in [2.45, 2.75) is 44.8 Å². The number of carbonyl (C=O) groups excluding carboxylic acids is 1. The molecule has 0 aliphatic heterocycles. The third-order valence-corrected chi connectivity index (χ3v) is 2.27. The summed E-state index contributed by atoms with van der Waals surface area (Å²) < 4.78 is 0. The van der Waals surface area contributed by atoms with E-state index < -0.39 is 23.5 Å². The maximum atomic E-state index is 11.4. The van der Waals surface area contributed by atoms with Crippen molar-refractivity contribution in [1.29, 1.82) is 0 Å². The number of hydrogen-bond acceptors (Lipinski definition) is 4. The summed E-state index contributed by atoms with van der Waals surface area (Å²) in [4.78, 5) is 21.9. The van der Waals surface area contributed by atoms with Gasteiger partial charge in [-0.2, -0.15) is 0 Å². The van der Waals surface area contributed by atoms with E-state index in [9.17, 15) is 14.7 Å². The summed E-state index contributed by atoms with van der Waals surface area (Å²) in [6.07, 6.45) is 2.33. The summed E-state index contributed by atoms with van der Waals surface area (Å²) in [6, 6.07) is -0.649. The average Bonchev–Trinajstić information content (AvgIpc) is 2.22. The number of nitrogens with one attached hydrogen (secondary N) is 1. The lowest BCUT2D eigenvalue weighted by Gasteiger charge is -2.19. The van der Waals surface area contributed by atoms with Gasteiger partial charge >= 0.3 is 5.97 Å². The normalized spacial score (nSPS) is 16.2. The fourth-order valence-electron chi connectivity index (χ4n) is 1.02. The number of rotatable bonds is 7. The van der Waals surface area contributed by atoms with Crippen molar-refractivity contribution in [2.24, 2.45) is 5.73 Å². The highest BCUT2D eigenvalue weighted by Crippen LogP contribution is 2.02. The van der Waals surface area contributed by atoms with Crippen LogP contribution in [0.25, 0.3) is 0 Å². The average molecular weight is 232 g/mol. The molecular weight excluding hydrogens is 212 g/mol. The minimum Gasteiger partial charge on any atom is -0.479 e. The minimum atomic E-state index is -1.96. The Balaban J connectivity index is 4.02. The van der Waals surface area contributed by atoms with Crippen LogP contribution in [-0.2, 0) is 9.59 Å². The first-order valence-corrected chi connectivity index (χ1v) is 5.30. The van der Waals surface area contributed by atoms with Gasteiger partial charge in [0, 0.05) is 0 Å². The molecule has 2 unspecified atom stereocenters. The predicted molar refractivity (Wildman–Crippen MR) is 58.8 cm³/mol. The van der Waals surface area contributed by atoms with Gasteiger partial charge in [-0.05, 0) is 13.3 Å². The summed E-state index contributed by atoms with van der Waals surface area (Å²) in [5.74, 6) is -1.81. The third kappa shape index (κ3) is 5.09. The van der Waals surface area contributed by atoms with Crippen molar-refractivity contribution >= 4 is 11.9 Å². The second-order valence-corrected chi connectivity index (χ2v) is 4.05. The van der Waals surface area contributed by atoms with E-state index in [4.69, 9.17) is 10.8 Å². The largest absolute Gasteiger partial charge is 0.479 e. The minimum absolute atomic E-state index is 0.346. The summed E-state index contributed by atoms with van der Waals surface area (Å²) >= 11 is 0. The van der Waals surface area contributed by atoms with Crippen LogP contribution >= 0.6 is 0 Å². The number of unbranched alkanes of at least 4 members (excludes halogenated alkanes) is 1. The van der Waals surface area contributed by atoms with Crippen LogP contribution in [0.5, 0.6) is 0 Å². The maximum Gasteiger partial charge on any atom is 0.337 e. The van der Waals surface area contributed by atoms with E-state index in [-0.39, 0.29) is 6.54 Å². The molecular formula is C10H20N2O4. The van der Waals surface area contributed by atoms with Crippen molar-refractivity contribution in [2.75, 3.05) is 6.54 Å². The Morgan fingerprint density at radius 1 is 1.50 bits per heavy atom. The molecule has 0 aliphatic carbocycles. The molecule has 0 aromatic rings. The van der Waals surface area contributed by atoms with Gasteiger partial charge in [0.1, 0.15) is 0 Å². The standard InChI is InChI=1S/C10H20N2O4/c1-3-4-5-7(11)8(13)12-6-10(2,16)9(14)15/h7,16H,3-6,11H2,1-2H3,(H,12,13)(H,14,15). The molecule has 2 atom stereocenters. The van der Waals surface area contributed by atoms with Gasteiger partial charge in [-0.3, -0.25) is 4.79 Å². The van der Waals surface area contributed by atoms with Crippen LogP contribution in [0.15, 0.2) is 0 Å². The van der Waals surface area contributed by atoms with Crippen molar-refractivity contribution in [3.8, 4) is 0 Å². The van der Waals surface area contributed by atoms with Crippen molar-refractivity contribution in [3.63, 3.8) is 0 Å². The predicted octanol–water partition coefficient (Wildman–Crippen LogP) is -0.544. The zero-order valence-corrected chi connectivity index (χ0v) is 9.69. The lowest BCUT2D eigenvalue weighted by Crippen LogP contribution is -2.50. The van der Waals surface area contributed by atoms with Gasteiger partial charge in [-0.25, -0.2) is 4.79 Å². The van der Waals surface area contributed by atoms with Crippen LogP contribution in [0.4, 0.5) is 0 Å². The lowest BCUT2D eigenvalue weighted by atomic mass is 10.1. The Morgan fingerprint density at radius 2 is 2.06 bits per heavy atom. The fourth-order valence-corrected chi connectivity index (χ4v) is 1.02. The Hall–Kier alpha value is -1.14. The van der Waals surface area contributed by atoms with Gasteiger partial charge < -0.3 is 21.3 Å². The molecule has 0 aromatic heterocycles. The lowest BCUT2D eigenvalue weighted by molar-refractivity contribution is -0.156. The highest BCUT2D eigenvalue weighted by atomic mass is 16.4. The molecule has 0 aromatic carbocycles. The van der Waals surface area contributed by atoms with Gasteiger partial charge in [0.05, 0.1) is 12.6 Å². The molecule has 0 saturated heterocycles. The molecule has 0 aliphatic rings. The molecule has 0 rings (SSSR count). The van der Waals surface area contributed by atoms with Crippen LogP contribution in [0.2, 0.25) is 0 Å². The second kappa shape index (κ2) is 6.44. The van der Waals surface area contributed by atoms with Gasteiger partial charge in [0.25, 0.3) is 0 Å². The number of carboxylic acids is 1. The van der Waals surface area contributed by atoms with E-state index in [1.54, 1.807) is 0 Å². The number of amides is 1. The van der Waals surface area contributed by atoms with E-state index in [0.29, 0.717) is 6.42 Å². The van der Waals surface area contributed by atoms with Gasteiger partial charge in [0.2, 0.25) is 5.91 Å². The molecule has 94 valence electrons. The summed E-state index contributed by atoms with van der Waals surface area (Å²) in [5, 5.41) is 20.3. The Morgan fingerprint density at radius 3 is 2.50 bits per heavy atom. The highest BCUT2D eigenvalue weighted by Gasteiger charge is 2.30. The van der Waals surface area contributed by atoms with Gasteiger partial charge in [-0.15, -0.1) is 0 Å². The topological polar surface area (TPSA) is 113 Å². The molecule has 16 heavy (non-hydrogen) atoms. The zero-order valence-electron chi connectivity index (χ0n) is 9.69. The van der Waals surface area contributed by atoms with Crippen LogP contribution in [0.3, 0.4) is 0 Å². The molecule has 0 radical (unpaired) electrons. The first-order valence-electron chi connectivity index (χ1n) is 5.30. The SMILES string of the molecule is CCCCC(N)C(=O)NCC(C)(O)C(=O)O. The number of carbonyl (C=O) groups is 2. The number of hydrogen-bond donors (Lipinski definition) is 4. The fraction of sp³-hybridized carbons (Fsp3) is 0.800. The molecule has 0 saturated carbocycles. The van der Waals surface area contributed by atoms with E-state index in [1.165, 1.54) is 0 Å². The third-order valence-electron chi connectivity index (χ3n) is 2.27. The van der Waals surface area contributed by atoms with Crippen LogP contribution in [0, 0.1) is 0 Å². The number of nitrogens with two attached hydrogens (primary N) is 1. The highest BCUT2D eigenvalue weighted by molar-refractivity contribution is 5.83. The number of carboxylic acid groups (broad SMARTS) is 1. The Kier molecular flexibility index (Phi) is 5.98. The Labute approximate surface area is 94.8 Å². The Bertz CT molecular complexity index is 253. The van der Waals surface area contributed by atoms with Crippen molar-refractivity contribution < 1.29 is 19.8 Å². The maximum absolute atomic E-state index is 11.4. The zero-order chi connectivity index (χ0) is 12.8. The molecule has 6 nitrogen and oxygen atoms in total. The molecule has 0 spiro atoms. The number of aliphatic hydroxyl groups is 1. The van der Waals surface area contributed by atoms with E-state index in [1.807, 2.05) is 6.92 Å². The summed E-state index contributed by atoms with van der Waals surface area (Å²) in [6.45, 7) is 2.76. The molecule has 0 fully saturated rings. The molecule has 1 amide bonds. The van der Waals surface area contributed by atoms with Gasteiger partial charge in [-0.1, -0.05) is 19.8 Å². The summed E-state index contributed by atoms with van der Waals surface area (Å²) in [5.41, 5.74) is 3.61. The first kappa shape index (κ1) is 14.9. The molecule has 0 heterocycles.